The van der Waals surface area contributed by atoms with Gasteiger partial charge in [0.15, 0.2) is 0 Å². The first-order valence-corrected chi connectivity index (χ1v) is 16.0. The van der Waals surface area contributed by atoms with Gasteiger partial charge in [-0.05, 0) is 80.7 Å². The molecule has 242 valence electrons. The second-order valence-electron chi connectivity index (χ2n) is 15.9. The number of rotatable bonds is 6. The minimum atomic E-state index is 0. The summed E-state index contributed by atoms with van der Waals surface area (Å²) in [5.74, 6) is 1.28. The Morgan fingerprint density at radius 2 is 1.29 bits per heavy atom. The Kier molecular flexibility index (Phi) is 13.1. The molecular formula is C41H54IrN2Y-2. The Balaban J connectivity index is 0.00000235. The predicted octanol–water partition coefficient (Wildman–Crippen LogP) is 12.1. The molecule has 0 spiro atoms. The summed E-state index contributed by atoms with van der Waals surface area (Å²) in [5, 5.41) is 3.62. The maximum atomic E-state index is 5.15. The van der Waals surface area contributed by atoms with E-state index in [1.165, 1.54) is 55.4 Å². The normalized spacial score (nSPS) is 12.2. The van der Waals surface area contributed by atoms with Crippen LogP contribution in [0, 0.1) is 24.3 Å². The van der Waals surface area contributed by atoms with Crippen LogP contribution in [0.4, 0.5) is 0 Å². The van der Waals surface area contributed by atoms with Gasteiger partial charge in [-0.3, -0.25) is 4.98 Å². The topological polar surface area (TPSA) is 17.3 Å². The summed E-state index contributed by atoms with van der Waals surface area (Å²) in [6.45, 7) is 28.0. The molecule has 0 unspecified atom stereocenters. The Hall–Kier alpha value is -1.38. The van der Waals surface area contributed by atoms with Gasteiger partial charge in [0.1, 0.15) is 0 Å². The number of hydrogen-bond acceptors (Lipinski definition) is 1. The molecule has 5 aromatic rings. The number of hydrogen-bond donors (Lipinski definition) is 0. The maximum Gasteiger partial charge on any atom is 0.0639 e. The van der Waals surface area contributed by atoms with Crippen molar-refractivity contribution in [3.05, 3.63) is 90.0 Å². The summed E-state index contributed by atoms with van der Waals surface area (Å²) in [5.41, 5.74) is 12.3. The van der Waals surface area contributed by atoms with Crippen molar-refractivity contribution in [2.75, 3.05) is 0 Å². The maximum absolute atomic E-state index is 5.15. The predicted molar refractivity (Wildman–Crippen MR) is 189 cm³/mol. The van der Waals surface area contributed by atoms with E-state index in [2.05, 4.69) is 136 Å². The van der Waals surface area contributed by atoms with E-state index in [9.17, 15) is 0 Å². The third kappa shape index (κ3) is 8.20. The molecule has 2 radical (unpaired) electrons. The molecule has 5 rings (SSSR count). The molecule has 0 saturated heterocycles. The molecule has 0 bridgehead atoms. The zero-order valence-corrected chi connectivity index (χ0v) is 35.3. The molecule has 0 saturated carbocycles. The van der Waals surface area contributed by atoms with E-state index in [4.69, 9.17) is 4.98 Å². The minimum absolute atomic E-state index is 0. The van der Waals surface area contributed by atoms with Crippen molar-refractivity contribution in [2.24, 2.45) is 10.8 Å². The summed E-state index contributed by atoms with van der Waals surface area (Å²) in [6, 6.07) is 19.9. The molecule has 0 N–H and O–H groups in total. The molecule has 2 heterocycles. The monoisotopic (exact) mass is 856 g/mol. The zero-order chi connectivity index (χ0) is 30.7. The van der Waals surface area contributed by atoms with E-state index in [1.54, 1.807) is 0 Å². The van der Waals surface area contributed by atoms with Gasteiger partial charge in [0.2, 0.25) is 0 Å². The number of nitrogens with zero attached hydrogens (tertiary/aromatic N) is 2. The third-order valence-corrected chi connectivity index (χ3v) is 8.52. The number of imidazole rings is 1. The van der Waals surface area contributed by atoms with Crippen LogP contribution in [0.15, 0.2) is 48.7 Å². The van der Waals surface area contributed by atoms with E-state index in [1.807, 2.05) is 6.07 Å². The van der Waals surface area contributed by atoms with Crippen LogP contribution in [-0.4, -0.2) is 9.38 Å². The second-order valence-corrected chi connectivity index (χ2v) is 15.9. The van der Waals surface area contributed by atoms with Crippen molar-refractivity contribution in [1.82, 2.24) is 9.38 Å². The smallest absolute Gasteiger partial charge is 0.0639 e. The fourth-order valence-corrected chi connectivity index (χ4v) is 6.60. The standard InChI is InChI=1S/C40H51N2.CH3.Ir.Y/c1-24(2)27-17-32(25(3)4)37(33(18-27)26(5)6)36-23-41-38-31-16-14-13-15-30(31)34-19-28(21-39(7,8)9)29(22-40(10,11)12)20-35(34)42(36)38;;;/h13-15,17-20,23-26H,21-22H2,1-12H3;1H3;;/q2*-1;;. The first kappa shape index (κ1) is 39.8. The molecule has 3 aromatic carbocycles. The summed E-state index contributed by atoms with van der Waals surface area (Å²) < 4.78 is 2.46. The average molecular weight is 856 g/mol. The van der Waals surface area contributed by atoms with E-state index >= 15 is 0 Å². The Morgan fingerprint density at radius 1 is 0.756 bits per heavy atom. The van der Waals surface area contributed by atoms with Gasteiger partial charge in [-0.25, -0.2) is 0 Å². The molecule has 0 fully saturated rings. The van der Waals surface area contributed by atoms with Gasteiger partial charge in [-0.2, -0.15) is 0 Å². The van der Waals surface area contributed by atoms with Crippen LogP contribution in [0.2, 0.25) is 0 Å². The van der Waals surface area contributed by atoms with Gasteiger partial charge in [-0.1, -0.05) is 107 Å². The number of benzene rings is 3. The molecule has 2 aromatic heterocycles. The van der Waals surface area contributed by atoms with Crippen molar-refractivity contribution in [1.29, 1.82) is 0 Å². The van der Waals surface area contributed by atoms with Crippen LogP contribution in [0.25, 0.3) is 38.6 Å². The van der Waals surface area contributed by atoms with Gasteiger partial charge < -0.3 is 11.8 Å². The first-order valence-electron chi connectivity index (χ1n) is 16.0. The zero-order valence-electron chi connectivity index (χ0n) is 30.1. The molecule has 45 heavy (non-hydrogen) atoms. The third-order valence-electron chi connectivity index (χ3n) is 8.52. The van der Waals surface area contributed by atoms with Crippen LogP contribution in [-0.2, 0) is 65.7 Å². The van der Waals surface area contributed by atoms with E-state index in [0.29, 0.717) is 17.8 Å². The minimum Gasteiger partial charge on any atom is -0.358 e. The molecule has 0 amide bonds. The summed E-state index contributed by atoms with van der Waals surface area (Å²) in [7, 11) is 0. The molecule has 0 aliphatic heterocycles. The van der Waals surface area contributed by atoms with E-state index in [-0.39, 0.29) is 71.1 Å². The summed E-state index contributed by atoms with van der Waals surface area (Å²) in [4.78, 5) is 5.15. The van der Waals surface area contributed by atoms with Gasteiger partial charge in [0.05, 0.1) is 11.3 Å². The Labute approximate surface area is 312 Å². The molecule has 0 atom stereocenters. The second kappa shape index (κ2) is 14.8. The van der Waals surface area contributed by atoms with Gasteiger partial charge >= 0.3 is 0 Å². The average Bonchev–Trinajstić information content (AvgIpc) is 3.32. The number of pyridine rings is 1. The van der Waals surface area contributed by atoms with Crippen molar-refractivity contribution < 1.29 is 52.8 Å². The number of aromatic nitrogens is 2. The Morgan fingerprint density at radius 3 is 1.78 bits per heavy atom. The van der Waals surface area contributed by atoms with Gasteiger partial charge in [-0.15, -0.1) is 29.7 Å². The molecule has 0 aliphatic carbocycles. The van der Waals surface area contributed by atoms with Crippen LogP contribution in [0.1, 0.15) is 129 Å². The fourth-order valence-electron chi connectivity index (χ4n) is 6.60. The van der Waals surface area contributed by atoms with Crippen molar-refractivity contribution in [2.45, 2.75) is 114 Å². The molecule has 4 heteroatoms. The summed E-state index contributed by atoms with van der Waals surface area (Å²) in [6.07, 6.45) is 4.22. The van der Waals surface area contributed by atoms with Crippen LogP contribution in [0.3, 0.4) is 0 Å². The molecule has 2 nitrogen and oxygen atoms in total. The number of fused-ring (bicyclic) bond motifs is 6. The SMILES string of the molecule is CC(C)c1cc(C(C)C)c(-c2cnc3c4[c-]cccc4c4cc(CC(C)(C)C)c(CC(C)(C)C)cc4n23)c(C(C)C)c1.[CH3-].[Ir].[Y]. The van der Waals surface area contributed by atoms with Crippen LogP contribution < -0.4 is 0 Å². The fraction of sp³-hybridized carbons (Fsp3) is 0.463. The molecular weight excluding hydrogens is 802 g/mol. The van der Waals surface area contributed by atoms with Gasteiger partial charge in [0, 0.05) is 70.1 Å². The van der Waals surface area contributed by atoms with Crippen LogP contribution >= 0.6 is 0 Å². The van der Waals surface area contributed by atoms with Crippen molar-refractivity contribution >= 4 is 27.3 Å². The van der Waals surface area contributed by atoms with E-state index in [0.717, 1.165) is 23.9 Å². The summed E-state index contributed by atoms with van der Waals surface area (Å²) >= 11 is 0. The van der Waals surface area contributed by atoms with E-state index < -0.39 is 0 Å². The quantitative estimate of drug-likeness (QED) is 0.123. The Bertz CT molecular complexity index is 1750. The van der Waals surface area contributed by atoms with Gasteiger partial charge in [0.25, 0.3) is 0 Å². The van der Waals surface area contributed by atoms with Crippen molar-refractivity contribution in [3.63, 3.8) is 0 Å². The first-order chi connectivity index (χ1) is 19.6. The van der Waals surface area contributed by atoms with Crippen molar-refractivity contribution in [3.8, 4) is 11.3 Å². The van der Waals surface area contributed by atoms with Crippen LogP contribution in [0.5, 0.6) is 0 Å². The largest absolute Gasteiger partial charge is 0.358 e. The molecule has 0 aliphatic rings.